The van der Waals surface area contributed by atoms with Crippen LogP contribution in [0.1, 0.15) is 44.2 Å². The molecular formula is C24H28N2O4. The van der Waals surface area contributed by atoms with Crippen LogP contribution in [0.15, 0.2) is 42.5 Å². The van der Waals surface area contributed by atoms with Crippen molar-refractivity contribution in [1.29, 1.82) is 5.26 Å². The molecule has 30 heavy (non-hydrogen) atoms. The molecular weight excluding hydrogens is 380 g/mol. The van der Waals surface area contributed by atoms with E-state index in [4.69, 9.17) is 14.2 Å². The maximum Gasteiger partial charge on any atom is 0.224 e. The molecule has 0 aromatic heterocycles. The largest absolute Gasteiger partial charge is 0.495 e. The number of nitrogens with one attached hydrogen (secondary N) is 1. The van der Waals surface area contributed by atoms with Crippen molar-refractivity contribution in [3.63, 3.8) is 0 Å². The maximum atomic E-state index is 12.2. The third-order valence-corrected chi connectivity index (χ3v) is 4.53. The molecule has 0 bridgehead atoms. The molecule has 0 heterocycles. The van der Waals surface area contributed by atoms with Crippen LogP contribution in [0.5, 0.6) is 17.2 Å². The predicted octanol–water partition coefficient (Wildman–Crippen LogP) is 5.19. The van der Waals surface area contributed by atoms with Gasteiger partial charge in [0.25, 0.3) is 0 Å². The minimum Gasteiger partial charge on any atom is -0.495 e. The molecule has 0 aliphatic carbocycles. The molecule has 158 valence electrons. The number of carbonyl (C=O) groups excluding carboxylic acids is 1. The van der Waals surface area contributed by atoms with Gasteiger partial charge in [-0.05, 0) is 54.3 Å². The molecule has 1 amide bonds. The summed E-state index contributed by atoms with van der Waals surface area (Å²) in [4.78, 5) is 12.2. The van der Waals surface area contributed by atoms with E-state index in [-0.39, 0.29) is 5.91 Å². The van der Waals surface area contributed by atoms with E-state index in [1.54, 1.807) is 20.3 Å². The summed E-state index contributed by atoms with van der Waals surface area (Å²) in [5.41, 5.74) is 2.84. The highest BCUT2D eigenvalue weighted by atomic mass is 16.5. The molecule has 6 heteroatoms. The Bertz CT molecular complexity index is 945. The molecule has 0 spiro atoms. The summed E-state index contributed by atoms with van der Waals surface area (Å²) in [6.45, 7) is 4.43. The summed E-state index contributed by atoms with van der Waals surface area (Å²) in [6, 6.07) is 13.1. The highest BCUT2D eigenvalue weighted by Gasteiger charge is 2.14. The third kappa shape index (κ3) is 5.77. The molecule has 6 nitrogen and oxygen atoms in total. The lowest BCUT2D eigenvalue weighted by Crippen LogP contribution is -2.12. The number of rotatable bonds is 10. The molecule has 0 aliphatic heterocycles. The number of nitriles is 1. The van der Waals surface area contributed by atoms with Crippen molar-refractivity contribution in [2.24, 2.45) is 0 Å². The van der Waals surface area contributed by atoms with Gasteiger partial charge < -0.3 is 19.5 Å². The SMILES string of the molecule is CCCCC(=O)Nc1cc(/C(=C\C#N)c2ccc(OC)c(OCC)c2)ccc1OC. The lowest BCUT2D eigenvalue weighted by Gasteiger charge is -2.15. The first-order chi connectivity index (χ1) is 14.6. The Balaban J connectivity index is 2.47. The van der Waals surface area contributed by atoms with E-state index in [1.807, 2.05) is 44.2 Å². The first-order valence-electron chi connectivity index (χ1n) is 9.97. The Hall–Kier alpha value is -3.46. The van der Waals surface area contributed by atoms with Gasteiger partial charge in [0.15, 0.2) is 11.5 Å². The summed E-state index contributed by atoms with van der Waals surface area (Å²) in [6.07, 6.45) is 3.68. The van der Waals surface area contributed by atoms with Gasteiger partial charge in [-0.25, -0.2) is 0 Å². The van der Waals surface area contributed by atoms with Crippen LogP contribution < -0.4 is 19.5 Å². The van der Waals surface area contributed by atoms with Crippen LogP contribution in [0.2, 0.25) is 0 Å². The fourth-order valence-corrected chi connectivity index (χ4v) is 3.03. The van der Waals surface area contributed by atoms with Gasteiger partial charge in [-0.1, -0.05) is 25.5 Å². The highest BCUT2D eigenvalue weighted by Crippen LogP contribution is 2.35. The number of hydrogen-bond donors (Lipinski definition) is 1. The Labute approximate surface area is 178 Å². The van der Waals surface area contributed by atoms with Crippen LogP contribution in [-0.2, 0) is 4.79 Å². The number of amides is 1. The Morgan fingerprint density at radius 3 is 2.30 bits per heavy atom. The molecule has 2 rings (SSSR count). The second-order valence-electron chi connectivity index (χ2n) is 6.55. The van der Waals surface area contributed by atoms with Crippen LogP contribution in [0, 0.1) is 11.3 Å². The van der Waals surface area contributed by atoms with Gasteiger partial charge in [0.1, 0.15) is 5.75 Å². The molecule has 0 aliphatic rings. The fraction of sp³-hybridized carbons (Fsp3) is 0.333. The number of methoxy groups -OCH3 is 2. The van der Waals surface area contributed by atoms with Gasteiger partial charge in [-0.3, -0.25) is 4.79 Å². The number of hydrogen-bond acceptors (Lipinski definition) is 5. The van der Waals surface area contributed by atoms with Crippen LogP contribution in [0.3, 0.4) is 0 Å². The molecule has 1 N–H and O–H groups in total. The summed E-state index contributed by atoms with van der Waals surface area (Å²) in [5, 5.41) is 12.3. The fourth-order valence-electron chi connectivity index (χ4n) is 3.03. The first kappa shape index (κ1) is 22.8. The molecule has 2 aromatic rings. The van der Waals surface area contributed by atoms with E-state index in [2.05, 4.69) is 11.4 Å². The minimum absolute atomic E-state index is 0.0683. The van der Waals surface area contributed by atoms with Gasteiger partial charge in [0, 0.05) is 12.5 Å². The monoisotopic (exact) mass is 408 g/mol. The second kappa shape index (κ2) is 11.5. The van der Waals surface area contributed by atoms with Gasteiger partial charge >= 0.3 is 0 Å². The number of benzene rings is 2. The van der Waals surface area contributed by atoms with Crippen LogP contribution >= 0.6 is 0 Å². The predicted molar refractivity (Wildman–Crippen MR) is 118 cm³/mol. The third-order valence-electron chi connectivity index (χ3n) is 4.53. The number of carbonyl (C=O) groups is 1. The average molecular weight is 408 g/mol. The van der Waals surface area contributed by atoms with Gasteiger partial charge in [-0.2, -0.15) is 5.26 Å². The van der Waals surface area contributed by atoms with Crippen LogP contribution in [-0.4, -0.2) is 26.7 Å². The zero-order valence-electron chi connectivity index (χ0n) is 18.0. The molecule has 0 fully saturated rings. The normalized spacial score (nSPS) is 10.8. The molecule has 0 unspecified atom stereocenters. The van der Waals surface area contributed by atoms with Gasteiger partial charge in [-0.15, -0.1) is 0 Å². The summed E-state index contributed by atoms with van der Waals surface area (Å²) < 4.78 is 16.4. The molecule has 0 saturated heterocycles. The van der Waals surface area contributed by atoms with E-state index < -0.39 is 0 Å². The quantitative estimate of drug-likeness (QED) is 0.548. The van der Waals surface area contributed by atoms with Crippen molar-refractivity contribution in [2.45, 2.75) is 33.1 Å². The van der Waals surface area contributed by atoms with Crippen molar-refractivity contribution in [3.8, 4) is 23.3 Å². The molecule has 0 radical (unpaired) electrons. The van der Waals surface area contributed by atoms with E-state index in [0.717, 1.165) is 24.0 Å². The first-order valence-corrected chi connectivity index (χ1v) is 9.97. The van der Waals surface area contributed by atoms with Crippen LogP contribution in [0.4, 0.5) is 5.69 Å². The van der Waals surface area contributed by atoms with Crippen molar-refractivity contribution in [3.05, 3.63) is 53.6 Å². The number of allylic oxidation sites excluding steroid dienone is 1. The lowest BCUT2D eigenvalue weighted by molar-refractivity contribution is -0.116. The zero-order valence-corrected chi connectivity index (χ0v) is 18.0. The molecule has 0 saturated carbocycles. The topological polar surface area (TPSA) is 80.6 Å². The lowest BCUT2D eigenvalue weighted by atomic mass is 9.96. The van der Waals surface area contributed by atoms with Crippen molar-refractivity contribution in [1.82, 2.24) is 0 Å². The molecule has 2 aromatic carbocycles. The number of anilines is 1. The van der Waals surface area contributed by atoms with Crippen molar-refractivity contribution in [2.75, 3.05) is 26.1 Å². The summed E-state index contributed by atoms with van der Waals surface area (Å²) >= 11 is 0. The number of ether oxygens (including phenoxy) is 3. The van der Waals surface area contributed by atoms with E-state index in [9.17, 15) is 10.1 Å². The summed E-state index contributed by atoms with van der Waals surface area (Å²) in [7, 11) is 3.14. The standard InChI is InChI=1S/C24H28N2O4/c1-5-7-8-24(27)26-20-15-17(9-11-21(20)28-3)19(13-14-25)18-10-12-22(29-4)23(16-18)30-6-2/h9-13,15-16H,5-8H2,1-4H3,(H,26,27)/b19-13+. The molecule has 0 atom stereocenters. The minimum atomic E-state index is -0.0683. The van der Waals surface area contributed by atoms with Gasteiger partial charge in [0.2, 0.25) is 5.91 Å². The van der Waals surface area contributed by atoms with Gasteiger partial charge in [0.05, 0.1) is 32.6 Å². The van der Waals surface area contributed by atoms with Crippen molar-refractivity contribution < 1.29 is 19.0 Å². The number of unbranched alkanes of at least 4 members (excludes halogenated alkanes) is 1. The highest BCUT2D eigenvalue weighted by molar-refractivity contribution is 5.94. The van der Waals surface area contributed by atoms with Crippen LogP contribution in [0.25, 0.3) is 5.57 Å². The number of nitrogens with zero attached hydrogens (tertiary/aromatic N) is 1. The Kier molecular flexibility index (Phi) is 8.76. The average Bonchev–Trinajstić information content (AvgIpc) is 2.76. The van der Waals surface area contributed by atoms with E-state index in [1.165, 1.54) is 6.08 Å². The van der Waals surface area contributed by atoms with Crippen molar-refractivity contribution >= 4 is 17.2 Å². The maximum absolute atomic E-state index is 12.2. The smallest absolute Gasteiger partial charge is 0.224 e. The Morgan fingerprint density at radius 1 is 1.03 bits per heavy atom. The summed E-state index contributed by atoms with van der Waals surface area (Å²) in [5.74, 6) is 1.71. The van der Waals surface area contributed by atoms with E-state index in [0.29, 0.717) is 41.5 Å². The Morgan fingerprint density at radius 2 is 1.70 bits per heavy atom. The second-order valence-corrected chi connectivity index (χ2v) is 6.55. The van der Waals surface area contributed by atoms with E-state index >= 15 is 0 Å². The zero-order chi connectivity index (χ0) is 21.9.